The first-order valence-corrected chi connectivity index (χ1v) is 6.68. The van der Waals surface area contributed by atoms with Crippen LogP contribution in [0.15, 0.2) is 0 Å². The zero-order chi connectivity index (χ0) is 14.4. The Bertz CT molecular complexity index is 345. The molecule has 1 saturated heterocycles. The number of Topliss-reactive ketones (excluding diaryl/α,β-unsaturated/α-hetero) is 1. The molecule has 0 atom stereocenters. The van der Waals surface area contributed by atoms with E-state index in [9.17, 15) is 14.4 Å². The number of carbonyl (C=O) groups is 3. The Morgan fingerprint density at radius 2 is 1.84 bits per heavy atom. The Hall–Kier alpha value is -1.43. The quantitative estimate of drug-likeness (QED) is 0.712. The minimum atomic E-state index is -0.428. The number of primary amides is 1. The van der Waals surface area contributed by atoms with Gasteiger partial charge in [-0.15, -0.1) is 0 Å². The average Bonchev–Trinajstić information content (AvgIpc) is 2.27. The van der Waals surface area contributed by atoms with Crippen molar-refractivity contribution in [3.8, 4) is 0 Å². The molecule has 1 fully saturated rings. The van der Waals surface area contributed by atoms with Gasteiger partial charge in [-0.2, -0.15) is 0 Å². The molecule has 19 heavy (non-hydrogen) atoms. The normalized spacial score (nSPS) is 16.2. The van der Waals surface area contributed by atoms with E-state index in [1.165, 1.54) is 0 Å². The molecule has 0 aromatic rings. The fourth-order valence-electron chi connectivity index (χ4n) is 2.22. The molecular weight excluding hydrogens is 246 g/mol. The molecule has 2 amide bonds. The van der Waals surface area contributed by atoms with E-state index in [2.05, 4.69) is 0 Å². The summed E-state index contributed by atoms with van der Waals surface area (Å²) in [6.45, 7) is 5.97. The molecule has 0 aliphatic carbocycles. The lowest BCUT2D eigenvalue weighted by molar-refractivity contribution is -0.135. The number of hydrogen-bond acceptors (Lipinski definition) is 4. The monoisotopic (exact) mass is 269 g/mol. The lowest BCUT2D eigenvalue weighted by Crippen LogP contribution is -2.47. The predicted molar refractivity (Wildman–Crippen MR) is 71.3 cm³/mol. The van der Waals surface area contributed by atoms with Crippen molar-refractivity contribution in [2.24, 2.45) is 11.7 Å². The van der Waals surface area contributed by atoms with Gasteiger partial charge in [-0.3, -0.25) is 19.3 Å². The van der Waals surface area contributed by atoms with E-state index >= 15 is 0 Å². The average molecular weight is 269 g/mol. The number of hydrogen-bond donors (Lipinski definition) is 1. The maximum absolute atomic E-state index is 12.1. The first kappa shape index (κ1) is 15.6. The standard InChI is InChI=1S/C13H23N3O3/c1-10(2)7-15(8-12(14)18)9-13(19)16-5-3-11(17)4-6-16/h10H,3-9H2,1-2H3,(H2,14,18). The van der Waals surface area contributed by atoms with Crippen molar-refractivity contribution in [1.29, 1.82) is 0 Å². The van der Waals surface area contributed by atoms with Crippen molar-refractivity contribution in [3.05, 3.63) is 0 Å². The summed E-state index contributed by atoms with van der Waals surface area (Å²) < 4.78 is 0. The zero-order valence-electron chi connectivity index (χ0n) is 11.7. The van der Waals surface area contributed by atoms with Crippen molar-refractivity contribution in [2.75, 3.05) is 32.7 Å². The van der Waals surface area contributed by atoms with Crippen LogP contribution in [0.1, 0.15) is 26.7 Å². The largest absolute Gasteiger partial charge is 0.369 e. The number of likely N-dealkylation sites (tertiary alicyclic amines) is 1. The highest BCUT2D eigenvalue weighted by Gasteiger charge is 2.23. The van der Waals surface area contributed by atoms with Crippen LogP contribution in [0.2, 0.25) is 0 Å². The lowest BCUT2D eigenvalue weighted by atomic mass is 10.1. The molecule has 0 saturated carbocycles. The van der Waals surface area contributed by atoms with Crippen LogP contribution in [0.4, 0.5) is 0 Å². The van der Waals surface area contributed by atoms with Gasteiger partial charge in [0, 0.05) is 32.5 Å². The molecule has 0 bridgehead atoms. The summed E-state index contributed by atoms with van der Waals surface area (Å²) in [7, 11) is 0. The summed E-state index contributed by atoms with van der Waals surface area (Å²) in [6, 6.07) is 0. The molecule has 6 heteroatoms. The second-order valence-electron chi connectivity index (χ2n) is 5.45. The number of piperidine rings is 1. The molecule has 1 aliphatic rings. The van der Waals surface area contributed by atoms with Crippen molar-refractivity contribution in [2.45, 2.75) is 26.7 Å². The Balaban J connectivity index is 2.50. The van der Waals surface area contributed by atoms with Crippen LogP contribution in [-0.2, 0) is 14.4 Å². The van der Waals surface area contributed by atoms with Gasteiger partial charge in [0.2, 0.25) is 11.8 Å². The molecule has 0 aromatic heterocycles. The van der Waals surface area contributed by atoms with Gasteiger partial charge in [0.1, 0.15) is 5.78 Å². The van der Waals surface area contributed by atoms with Crippen LogP contribution >= 0.6 is 0 Å². The van der Waals surface area contributed by atoms with Crippen LogP contribution in [-0.4, -0.2) is 60.1 Å². The SMILES string of the molecule is CC(C)CN(CC(N)=O)CC(=O)N1CCC(=O)CC1. The number of nitrogens with zero attached hydrogens (tertiary/aromatic N) is 2. The molecule has 0 radical (unpaired) electrons. The second-order valence-corrected chi connectivity index (χ2v) is 5.45. The molecule has 1 heterocycles. The third-order valence-electron chi connectivity index (χ3n) is 3.04. The Kier molecular flexibility index (Phi) is 5.95. The van der Waals surface area contributed by atoms with Gasteiger partial charge in [-0.05, 0) is 5.92 Å². The van der Waals surface area contributed by atoms with E-state index in [1.807, 2.05) is 13.8 Å². The highest BCUT2D eigenvalue weighted by molar-refractivity contribution is 5.84. The van der Waals surface area contributed by atoms with Crippen LogP contribution in [0.25, 0.3) is 0 Å². The van der Waals surface area contributed by atoms with Gasteiger partial charge in [0.05, 0.1) is 13.1 Å². The molecule has 0 unspecified atom stereocenters. The van der Waals surface area contributed by atoms with Gasteiger partial charge in [0.25, 0.3) is 0 Å². The van der Waals surface area contributed by atoms with Gasteiger partial charge in [-0.1, -0.05) is 13.8 Å². The molecule has 6 nitrogen and oxygen atoms in total. The van der Waals surface area contributed by atoms with Crippen molar-refractivity contribution < 1.29 is 14.4 Å². The van der Waals surface area contributed by atoms with E-state index in [0.717, 1.165) is 0 Å². The van der Waals surface area contributed by atoms with E-state index in [1.54, 1.807) is 9.80 Å². The highest BCUT2D eigenvalue weighted by Crippen LogP contribution is 2.07. The smallest absolute Gasteiger partial charge is 0.236 e. The second kappa shape index (κ2) is 7.23. The van der Waals surface area contributed by atoms with Crippen LogP contribution in [0, 0.1) is 5.92 Å². The fourth-order valence-corrected chi connectivity index (χ4v) is 2.22. The molecule has 108 valence electrons. The molecule has 1 rings (SSSR count). The third-order valence-corrected chi connectivity index (χ3v) is 3.04. The maximum Gasteiger partial charge on any atom is 0.236 e. The van der Waals surface area contributed by atoms with Crippen LogP contribution in [0.5, 0.6) is 0 Å². The summed E-state index contributed by atoms with van der Waals surface area (Å²) in [5.41, 5.74) is 5.19. The van der Waals surface area contributed by atoms with Gasteiger partial charge >= 0.3 is 0 Å². The summed E-state index contributed by atoms with van der Waals surface area (Å²) >= 11 is 0. The van der Waals surface area contributed by atoms with Crippen LogP contribution < -0.4 is 5.73 Å². The Labute approximate surface area is 113 Å². The number of ketones is 1. The van der Waals surface area contributed by atoms with Gasteiger partial charge < -0.3 is 10.6 Å². The summed E-state index contributed by atoms with van der Waals surface area (Å²) in [6.07, 6.45) is 0.872. The first-order valence-electron chi connectivity index (χ1n) is 6.68. The van der Waals surface area contributed by atoms with Gasteiger partial charge in [0.15, 0.2) is 0 Å². The van der Waals surface area contributed by atoms with Crippen molar-refractivity contribution in [3.63, 3.8) is 0 Å². The zero-order valence-corrected chi connectivity index (χ0v) is 11.7. The van der Waals surface area contributed by atoms with E-state index in [4.69, 9.17) is 5.73 Å². The summed E-state index contributed by atoms with van der Waals surface area (Å²) in [4.78, 5) is 37.7. The summed E-state index contributed by atoms with van der Waals surface area (Å²) in [5, 5.41) is 0. The molecule has 1 aliphatic heterocycles. The minimum absolute atomic E-state index is 0.0330. The first-order chi connectivity index (χ1) is 8.88. The molecule has 0 spiro atoms. The van der Waals surface area contributed by atoms with Crippen LogP contribution in [0.3, 0.4) is 0 Å². The van der Waals surface area contributed by atoms with Crippen molar-refractivity contribution >= 4 is 17.6 Å². The third kappa shape index (κ3) is 5.83. The summed E-state index contributed by atoms with van der Waals surface area (Å²) in [5.74, 6) is 0.104. The van der Waals surface area contributed by atoms with E-state index in [0.29, 0.717) is 38.4 Å². The Morgan fingerprint density at radius 1 is 1.26 bits per heavy atom. The van der Waals surface area contributed by atoms with Crippen molar-refractivity contribution in [1.82, 2.24) is 9.80 Å². The minimum Gasteiger partial charge on any atom is -0.369 e. The van der Waals surface area contributed by atoms with E-state index < -0.39 is 5.91 Å². The number of carbonyl (C=O) groups excluding carboxylic acids is 3. The molecular formula is C13H23N3O3. The maximum atomic E-state index is 12.1. The Morgan fingerprint density at radius 3 is 2.32 bits per heavy atom. The predicted octanol–water partition coefficient (Wildman–Crippen LogP) is -0.379. The fraction of sp³-hybridized carbons (Fsp3) is 0.769. The molecule has 0 aromatic carbocycles. The van der Waals surface area contributed by atoms with E-state index in [-0.39, 0.29) is 24.8 Å². The van der Waals surface area contributed by atoms with Gasteiger partial charge in [-0.25, -0.2) is 0 Å². The number of amides is 2. The topological polar surface area (TPSA) is 83.7 Å². The molecule has 2 N–H and O–H groups in total. The lowest BCUT2D eigenvalue weighted by Gasteiger charge is -2.29. The highest BCUT2D eigenvalue weighted by atomic mass is 16.2. The number of rotatable bonds is 6. The number of nitrogens with two attached hydrogens (primary N) is 1.